The normalized spacial score (nSPS) is 25.5. The molecular formula is C34H30Br2O4. The summed E-state index contributed by atoms with van der Waals surface area (Å²) >= 11 is 6.87. The molecule has 4 nitrogen and oxygen atoms in total. The highest BCUT2D eigenvalue weighted by Crippen LogP contribution is 2.48. The molecule has 4 atom stereocenters. The Labute approximate surface area is 252 Å². The van der Waals surface area contributed by atoms with Crippen molar-refractivity contribution in [2.24, 2.45) is 0 Å². The summed E-state index contributed by atoms with van der Waals surface area (Å²) in [4.78, 5) is 23.7. The Balaban J connectivity index is 0.000000161. The summed E-state index contributed by atoms with van der Waals surface area (Å²) in [5.41, 5.74) is 3.14. The maximum absolute atomic E-state index is 11.9. The number of hydrogen-bond acceptors (Lipinski definition) is 4. The van der Waals surface area contributed by atoms with E-state index >= 15 is 0 Å². The van der Waals surface area contributed by atoms with Gasteiger partial charge in [0, 0.05) is 20.8 Å². The monoisotopic (exact) mass is 660 g/mol. The van der Waals surface area contributed by atoms with Crippen molar-refractivity contribution >= 4 is 43.8 Å². The number of hydrogen-bond donors (Lipinski definition) is 0. The Morgan fingerprint density at radius 3 is 1.20 bits per heavy atom. The number of carbonyl (C=O) groups is 2. The van der Waals surface area contributed by atoms with E-state index in [-0.39, 0.29) is 23.8 Å². The van der Waals surface area contributed by atoms with Gasteiger partial charge < -0.3 is 9.47 Å². The lowest BCUT2D eigenvalue weighted by molar-refractivity contribution is -0.149. The highest BCUT2D eigenvalue weighted by Gasteiger charge is 2.48. The molecule has 2 aliphatic heterocycles. The SMILES string of the molecule is C[C@@]1(c2ccc(Br)cc2)OC(=O)C[C@H]1c1ccccc1.C[C@]1(c2ccc(Br)cc2)OC(=O)C[C@H]1c1ccccc1. The first-order valence-corrected chi connectivity index (χ1v) is 14.8. The molecule has 0 aliphatic carbocycles. The molecule has 0 radical (unpaired) electrons. The van der Waals surface area contributed by atoms with E-state index in [0.717, 1.165) is 31.2 Å². The van der Waals surface area contributed by atoms with Gasteiger partial charge in [0.05, 0.1) is 12.8 Å². The predicted octanol–water partition coefficient (Wildman–Crippen LogP) is 8.79. The molecule has 6 rings (SSSR count). The van der Waals surface area contributed by atoms with Crippen LogP contribution in [0.3, 0.4) is 0 Å². The Morgan fingerprint density at radius 1 is 0.550 bits per heavy atom. The van der Waals surface area contributed by atoms with Crippen LogP contribution in [0.2, 0.25) is 0 Å². The molecule has 2 fully saturated rings. The number of benzene rings is 4. The molecular weight excluding hydrogens is 632 g/mol. The van der Waals surface area contributed by atoms with E-state index in [9.17, 15) is 9.59 Å². The average Bonchev–Trinajstić information content (AvgIpc) is 3.45. The fourth-order valence-electron chi connectivity index (χ4n) is 5.75. The molecule has 4 aromatic rings. The summed E-state index contributed by atoms with van der Waals surface area (Å²) in [6.45, 7) is 4.00. The molecule has 0 N–H and O–H groups in total. The van der Waals surface area contributed by atoms with Crippen molar-refractivity contribution in [3.05, 3.63) is 140 Å². The third-order valence-corrected chi connectivity index (χ3v) is 9.02. The second-order valence-electron chi connectivity index (χ2n) is 10.5. The third kappa shape index (κ3) is 5.79. The smallest absolute Gasteiger partial charge is 0.307 e. The summed E-state index contributed by atoms with van der Waals surface area (Å²) in [5, 5.41) is 0. The Kier molecular flexibility index (Phi) is 8.29. The van der Waals surface area contributed by atoms with Crippen LogP contribution in [0.5, 0.6) is 0 Å². The van der Waals surface area contributed by atoms with Crippen molar-refractivity contribution in [3.63, 3.8) is 0 Å². The Bertz CT molecular complexity index is 1360. The number of halogens is 2. The predicted molar refractivity (Wildman–Crippen MR) is 163 cm³/mol. The fraction of sp³-hybridized carbons (Fsp3) is 0.235. The molecule has 0 bridgehead atoms. The number of ether oxygens (including phenoxy) is 2. The number of carbonyl (C=O) groups excluding carboxylic acids is 2. The maximum Gasteiger partial charge on any atom is 0.307 e. The minimum absolute atomic E-state index is 0.0531. The highest BCUT2D eigenvalue weighted by molar-refractivity contribution is 9.10. The molecule has 6 heteroatoms. The largest absolute Gasteiger partial charge is 0.454 e. The van der Waals surface area contributed by atoms with Gasteiger partial charge in [-0.1, -0.05) is 117 Å². The highest BCUT2D eigenvalue weighted by atomic mass is 79.9. The number of esters is 2. The lowest BCUT2D eigenvalue weighted by Gasteiger charge is -2.30. The first kappa shape index (κ1) is 28.3. The van der Waals surface area contributed by atoms with Gasteiger partial charge in [0.15, 0.2) is 0 Å². The molecule has 2 saturated heterocycles. The first-order valence-electron chi connectivity index (χ1n) is 13.2. The topological polar surface area (TPSA) is 52.6 Å². The van der Waals surface area contributed by atoms with Gasteiger partial charge in [0.1, 0.15) is 11.2 Å². The summed E-state index contributed by atoms with van der Waals surface area (Å²) in [7, 11) is 0. The van der Waals surface area contributed by atoms with E-state index in [0.29, 0.717) is 12.8 Å². The minimum Gasteiger partial charge on any atom is -0.454 e. The van der Waals surface area contributed by atoms with E-state index in [1.807, 2.05) is 98.8 Å². The second kappa shape index (κ2) is 11.7. The van der Waals surface area contributed by atoms with E-state index < -0.39 is 11.2 Å². The molecule has 40 heavy (non-hydrogen) atoms. The zero-order chi connectivity index (χ0) is 28.3. The van der Waals surface area contributed by atoms with Crippen molar-refractivity contribution in [1.82, 2.24) is 0 Å². The van der Waals surface area contributed by atoms with Crippen molar-refractivity contribution in [3.8, 4) is 0 Å². The summed E-state index contributed by atoms with van der Waals surface area (Å²) in [6, 6.07) is 36.2. The van der Waals surface area contributed by atoms with Crippen molar-refractivity contribution in [2.75, 3.05) is 0 Å². The average molecular weight is 662 g/mol. The van der Waals surface area contributed by atoms with Crippen LogP contribution < -0.4 is 0 Å². The van der Waals surface area contributed by atoms with Gasteiger partial charge >= 0.3 is 11.9 Å². The van der Waals surface area contributed by atoms with Crippen molar-refractivity contribution < 1.29 is 19.1 Å². The van der Waals surface area contributed by atoms with E-state index in [1.165, 1.54) is 0 Å². The molecule has 2 aliphatic rings. The summed E-state index contributed by atoms with van der Waals surface area (Å²) < 4.78 is 13.4. The molecule has 0 amide bonds. The first-order chi connectivity index (χ1) is 19.2. The second-order valence-corrected chi connectivity index (χ2v) is 12.3. The van der Waals surface area contributed by atoms with E-state index in [4.69, 9.17) is 9.47 Å². The minimum atomic E-state index is -0.598. The van der Waals surface area contributed by atoms with E-state index in [2.05, 4.69) is 56.1 Å². The molecule has 2 heterocycles. The van der Waals surface area contributed by atoms with Gasteiger partial charge in [-0.25, -0.2) is 0 Å². The molecule has 0 saturated carbocycles. The van der Waals surface area contributed by atoms with Gasteiger partial charge in [-0.05, 0) is 60.4 Å². The number of cyclic esters (lactones) is 2. The van der Waals surface area contributed by atoms with Crippen molar-refractivity contribution in [2.45, 2.75) is 49.7 Å². The van der Waals surface area contributed by atoms with Crippen molar-refractivity contribution in [1.29, 1.82) is 0 Å². The van der Waals surface area contributed by atoms with Crippen LogP contribution in [-0.4, -0.2) is 11.9 Å². The van der Waals surface area contributed by atoms with Crippen LogP contribution in [0.15, 0.2) is 118 Å². The Morgan fingerprint density at radius 2 is 0.875 bits per heavy atom. The van der Waals surface area contributed by atoms with Gasteiger partial charge in [-0.3, -0.25) is 9.59 Å². The number of rotatable bonds is 4. The summed E-state index contributed by atoms with van der Waals surface area (Å²) in [5.74, 6) is -0.164. The van der Waals surface area contributed by atoms with Gasteiger partial charge in [0.25, 0.3) is 0 Å². The van der Waals surface area contributed by atoms with Gasteiger partial charge in [-0.2, -0.15) is 0 Å². The standard InChI is InChI=1S/2C17H15BrO2/c2*1-17(13-7-9-14(18)10-8-13)15(11-16(19)20-17)12-5-3-2-4-6-12/h2*2-10,15H,11H2,1H3/t15-,17+;15-,17-/m00/s1. The lowest BCUT2D eigenvalue weighted by Crippen LogP contribution is -2.27. The van der Waals surface area contributed by atoms with Gasteiger partial charge in [0.2, 0.25) is 0 Å². The van der Waals surface area contributed by atoms with Crippen LogP contribution in [0.1, 0.15) is 60.8 Å². The fourth-order valence-corrected chi connectivity index (χ4v) is 6.27. The van der Waals surface area contributed by atoms with Crippen LogP contribution in [0.4, 0.5) is 0 Å². The Hall–Kier alpha value is -3.22. The molecule has 0 aromatic heterocycles. The lowest BCUT2D eigenvalue weighted by atomic mass is 9.79. The van der Waals surface area contributed by atoms with Gasteiger partial charge in [-0.15, -0.1) is 0 Å². The maximum atomic E-state index is 11.9. The van der Waals surface area contributed by atoms with Crippen LogP contribution >= 0.6 is 31.9 Å². The summed E-state index contributed by atoms with van der Waals surface area (Å²) in [6.07, 6.45) is 0.854. The quantitative estimate of drug-likeness (QED) is 0.205. The third-order valence-electron chi connectivity index (χ3n) is 7.96. The zero-order valence-corrected chi connectivity index (χ0v) is 25.5. The van der Waals surface area contributed by atoms with Crippen LogP contribution in [0.25, 0.3) is 0 Å². The van der Waals surface area contributed by atoms with Crippen LogP contribution in [0, 0.1) is 0 Å². The van der Waals surface area contributed by atoms with E-state index in [1.54, 1.807) is 0 Å². The molecule has 204 valence electrons. The van der Waals surface area contributed by atoms with Crippen LogP contribution in [-0.2, 0) is 30.3 Å². The molecule has 0 unspecified atom stereocenters. The zero-order valence-electron chi connectivity index (χ0n) is 22.4. The molecule has 4 aromatic carbocycles. The molecule has 0 spiro atoms.